The van der Waals surface area contributed by atoms with Crippen LogP contribution in [0.3, 0.4) is 0 Å². The van der Waals surface area contributed by atoms with Crippen LogP contribution in [0, 0.1) is 16.7 Å². The van der Waals surface area contributed by atoms with Crippen molar-refractivity contribution in [3.63, 3.8) is 0 Å². The lowest BCUT2D eigenvalue weighted by Crippen LogP contribution is -2.40. The normalized spacial score (nSPS) is 12.9. The van der Waals surface area contributed by atoms with E-state index in [1.165, 1.54) is 5.56 Å². The molecule has 3 nitrogen and oxygen atoms in total. The third-order valence-electron chi connectivity index (χ3n) is 3.33. The van der Waals surface area contributed by atoms with Gasteiger partial charge in [-0.1, -0.05) is 44.2 Å². The molecule has 0 fully saturated rings. The Bertz CT molecular complexity index is 395. The maximum atomic E-state index is 9.45. The molecule has 0 radical (unpaired) electrons. The van der Waals surface area contributed by atoms with Crippen LogP contribution in [-0.4, -0.2) is 24.3 Å². The molecule has 1 aromatic rings. The largest absolute Gasteiger partial charge is 0.395 e. The van der Waals surface area contributed by atoms with Gasteiger partial charge < -0.3 is 10.4 Å². The van der Waals surface area contributed by atoms with E-state index in [-0.39, 0.29) is 18.1 Å². The zero-order valence-corrected chi connectivity index (χ0v) is 11.9. The highest BCUT2D eigenvalue weighted by molar-refractivity contribution is 5.15. The van der Waals surface area contributed by atoms with E-state index in [4.69, 9.17) is 5.26 Å². The van der Waals surface area contributed by atoms with Crippen LogP contribution in [0.2, 0.25) is 0 Å². The van der Waals surface area contributed by atoms with E-state index in [1.807, 2.05) is 18.2 Å². The van der Waals surface area contributed by atoms with Gasteiger partial charge in [-0.25, -0.2) is 0 Å². The molecule has 104 valence electrons. The van der Waals surface area contributed by atoms with Crippen molar-refractivity contribution in [2.24, 2.45) is 5.41 Å². The average Bonchev–Trinajstić information content (AvgIpc) is 2.42. The van der Waals surface area contributed by atoms with Crippen molar-refractivity contribution in [3.8, 4) is 6.07 Å². The summed E-state index contributed by atoms with van der Waals surface area (Å²) in [6.07, 6.45) is 2.28. The number of benzene rings is 1. The number of nitrogens with one attached hydrogen (secondary N) is 1. The molecule has 0 saturated carbocycles. The van der Waals surface area contributed by atoms with Gasteiger partial charge in [-0.2, -0.15) is 5.26 Å². The summed E-state index contributed by atoms with van der Waals surface area (Å²) in [5.41, 5.74) is 1.31. The standard InChI is InChI=1S/C16H24N2O/c1-16(2,9-6-10-17)13-18-15(12-19)11-14-7-4-3-5-8-14/h3-5,7-8,15,18-19H,6,9,11-13H2,1-2H3/t15-/m0/s1. The van der Waals surface area contributed by atoms with Gasteiger partial charge in [0.2, 0.25) is 0 Å². The first-order valence-electron chi connectivity index (χ1n) is 6.82. The predicted molar refractivity (Wildman–Crippen MR) is 77.7 cm³/mol. The Morgan fingerprint density at radius 3 is 2.58 bits per heavy atom. The molecule has 0 heterocycles. The lowest BCUT2D eigenvalue weighted by atomic mass is 9.87. The van der Waals surface area contributed by atoms with Gasteiger partial charge >= 0.3 is 0 Å². The minimum atomic E-state index is 0.0729. The number of nitrogens with zero attached hydrogens (tertiary/aromatic N) is 1. The van der Waals surface area contributed by atoms with E-state index in [0.717, 1.165) is 19.4 Å². The molecule has 0 unspecified atom stereocenters. The lowest BCUT2D eigenvalue weighted by molar-refractivity contribution is 0.218. The minimum Gasteiger partial charge on any atom is -0.395 e. The lowest BCUT2D eigenvalue weighted by Gasteiger charge is -2.27. The quantitative estimate of drug-likeness (QED) is 0.755. The summed E-state index contributed by atoms with van der Waals surface area (Å²) in [6, 6.07) is 12.4. The Labute approximate surface area is 116 Å². The van der Waals surface area contributed by atoms with Crippen molar-refractivity contribution in [3.05, 3.63) is 35.9 Å². The van der Waals surface area contributed by atoms with Crippen molar-refractivity contribution in [2.75, 3.05) is 13.2 Å². The second-order valence-electron chi connectivity index (χ2n) is 5.77. The molecule has 0 spiro atoms. The molecule has 0 bridgehead atoms. The highest BCUT2D eigenvalue weighted by Gasteiger charge is 2.19. The summed E-state index contributed by atoms with van der Waals surface area (Å²) in [7, 11) is 0. The zero-order chi connectivity index (χ0) is 14.1. The van der Waals surface area contributed by atoms with Crippen LogP contribution in [0.5, 0.6) is 0 Å². The summed E-state index contributed by atoms with van der Waals surface area (Å²) < 4.78 is 0. The van der Waals surface area contributed by atoms with Crippen molar-refractivity contribution >= 4 is 0 Å². The first-order chi connectivity index (χ1) is 9.07. The number of hydrogen-bond donors (Lipinski definition) is 2. The maximum absolute atomic E-state index is 9.45. The van der Waals surface area contributed by atoms with Crippen LogP contribution in [0.4, 0.5) is 0 Å². The Morgan fingerprint density at radius 2 is 2.00 bits per heavy atom. The molecule has 0 amide bonds. The SMILES string of the molecule is CC(C)(CCC#N)CN[C@H](CO)Cc1ccccc1. The second kappa shape index (κ2) is 7.93. The summed E-state index contributed by atoms with van der Waals surface area (Å²) >= 11 is 0. The number of rotatable bonds is 8. The molecule has 0 aliphatic carbocycles. The zero-order valence-electron chi connectivity index (χ0n) is 11.9. The van der Waals surface area contributed by atoms with Crippen LogP contribution >= 0.6 is 0 Å². The molecule has 1 rings (SSSR count). The van der Waals surface area contributed by atoms with Crippen molar-refractivity contribution in [1.29, 1.82) is 5.26 Å². The van der Waals surface area contributed by atoms with E-state index in [2.05, 4.69) is 37.4 Å². The summed E-state index contributed by atoms with van der Waals surface area (Å²) in [5, 5.41) is 21.5. The molecule has 0 aliphatic heterocycles. The Morgan fingerprint density at radius 1 is 1.32 bits per heavy atom. The molecule has 19 heavy (non-hydrogen) atoms. The highest BCUT2D eigenvalue weighted by atomic mass is 16.3. The fraction of sp³-hybridized carbons (Fsp3) is 0.562. The van der Waals surface area contributed by atoms with Crippen molar-refractivity contribution in [2.45, 2.75) is 39.2 Å². The van der Waals surface area contributed by atoms with Crippen LogP contribution < -0.4 is 5.32 Å². The second-order valence-corrected chi connectivity index (χ2v) is 5.77. The fourth-order valence-corrected chi connectivity index (χ4v) is 2.00. The number of aliphatic hydroxyl groups excluding tert-OH is 1. The molecule has 0 saturated heterocycles. The monoisotopic (exact) mass is 260 g/mol. The average molecular weight is 260 g/mol. The molecule has 2 N–H and O–H groups in total. The van der Waals surface area contributed by atoms with E-state index in [1.54, 1.807) is 0 Å². The van der Waals surface area contributed by atoms with E-state index < -0.39 is 0 Å². The Balaban J connectivity index is 2.43. The van der Waals surface area contributed by atoms with Gasteiger partial charge in [-0.3, -0.25) is 0 Å². The Hall–Kier alpha value is -1.37. The third-order valence-corrected chi connectivity index (χ3v) is 3.33. The van der Waals surface area contributed by atoms with Gasteiger partial charge in [-0.05, 0) is 23.8 Å². The summed E-state index contributed by atoms with van der Waals surface area (Å²) in [5.74, 6) is 0. The fourth-order valence-electron chi connectivity index (χ4n) is 2.00. The topological polar surface area (TPSA) is 56.0 Å². The highest BCUT2D eigenvalue weighted by Crippen LogP contribution is 2.21. The van der Waals surface area contributed by atoms with Crippen LogP contribution in [-0.2, 0) is 6.42 Å². The number of nitriles is 1. The van der Waals surface area contributed by atoms with Gasteiger partial charge in [0, 0.05) is 19.0 Å². The van der Waals surface area contributed by atoms with Gasteiger partial charge in [0.25, 0.3) is 0 Å². The molecule has 0 aromatic heterocycles. The van der Waals surface area contributed by atoms with Gasteiger partial charge in [0.15, 0.2) is 0 Å². The van der Waals surface area contributed by atoms with Crippen molar-refractivity contribution in [1.82, 2.24) is 5.32 Å². The minimum absolute atomic E-state index is 0.0729. The van der Waals surface area contributed by atoms with E-state index in [9.17, 15) is 5.11 Å². The third kappa shape index (κ3) is 6.37. The predicted octanol–water partition coefficient (Wildman–Crippen LogP) is 2.51. The van der Waals surface area contributed by atoms with E-state index in [0.29, 0.717) is 6.42 Å². The molecule has 1 aromatic carbocycles. The van der Waals surface area contributed by atoms with Crippen LogP contribution in [0.15, 0.2) is 30.3 Å². The number of hydrogen-bond acceptors (Lipinski definition) is 3. The molecular formula is C16H24N2O. The molecular weight excluding hydrogens is 236 g/mol. The first-order valence-corrected chi connectivity index (χ1v) is 6.82. The molecule has 3 heteroatoms. The van der Waals surface area contributed by atoms with Gasteiger partial charge in [-0.15, -0.1) is 0 Å². The number of aliphatic hydroxyl groups is 1. The summed E-state index contributed by atoms with van der Waals surface area (Å²) in [4.78, 5) is 0. The smallest absolute Gasteiger partial charge is 0.0621 e. The Kier molecular flexibility index (Phi) is 6.55. The molecule has 1 atom stereocenters. The maximum Gasteiger partial charge on any atom is 0.0621 e. The van der Waals surface area contributed by atoms with E-state index >= 15 is 0 Å². The van der Waals surface area contributed by atoms with Crippen molar-refractivity contribution < 1.29 is 5.11 Å². The summed E-state index contributed by atoms with van der Waals surface area (Å²) in [6.45, 7) is 5.23. The van der Waals surface area contributed by atoms with Gasteiger partial charge in [0.1, 0.15) is 0 Å². The van der Waals surface area contributed by atoms with Crippen LogP contribution in [0.1, 0.15) is 32.3 Å². The van der Waals surface area contributed by atoms with Crippen LogP contribution in [0.25, 0.3) is 0 Å². The van der Waals surface area contributed by atoms with Gasteiger partial charge in [0.05, 0.1) is 12.7 Å². The molecule has 0 aliphatic rings. The first kappa shape index (κ1) is 15.7.